The zero-order valence-electron chi connectivity index (χ0n) is 14.6. The Morgan fingerprint density at radius 1 is 1.17 bits per heavy atom. The van der Waals surface area contributed by atoms with Gasteiger partial charge in [-0.25, -0.2) is 0 Å². The van der Waals surface area contributed by atoms with Gasteiger partial charge in [0.2, 0.25) is 0 Å². The molecule has 0 heterocycles. The third-order valence-corrected chi connectivity index (χ3v) is 3.23. The molecule has 1 aromatic carbocycles. The predicted octanol–water partition coefficient (Wildman–Crippen LogP) is 3.89. The topological polar surface area (TPSA) is 44.8 Å². The highest BCUT2D eigenvalue weighted by molar-refractivity contribution is 5.66. The Kier molecular flexibility index (Phi) is 10.1. The lowest BCUT2D eigenvalue weighted by Gasteiger charge is -2.04. The Labute approximate surface area is 144 Å². The number of unbranched alkanes of at least 4 members (excludes halogenated alkanes) is 1. The average Bonchev–Trinajstić information content (AvgIpc) is 2.59. The van der Waals surface area contributed by atoms with Gasteiger partial charge in [0.15, 0.2) is 0 Å². The highest BCUT2D eigenvalue weighted by Crippen LogP contribution is 2.12. The maximum atomic E-state index is 10.7. The summed E-state index contributed by atoms with van der Waals surface area (Å²) in [6.07, 6.45) is 3.23. The van der Waals surface area contributed by atoms with Crippen LogP contribution in [0, 0.1) is 11.8 Å². The minimum absolute atomic E-state index is 0.281. The zero-order chi connectivity index (χ0) is 17.6. The molecule has 4 heteroatoms. The van der Waals surface area contributed by atoms with Gasteiger partial charge in [-0.3, -0.25) is 4.79 Å². The third kappa shape index (κ3) is 9.70. The lowest BCUT2D eigenvalue weighted by Crippen LogP contribution is -2.02. The minimum Gasteiger partial charge on any atom is -0.497 e. The maximum absolute atomic E-state index is 10.7. The van der Waals surface area contributed by atoms with Crippen LogP contribution in [-0.4, -0.2) is 26.3 Å². The van der Waals surface area contributed by atoms with E-state index < -0.39 is 0 Å². The Balaban J connectivity index is 2.02. The molecule has 0 N–H and O–H groups in total. The van der Waals surface area contributed by atoms with E-state index in [0.29, 0.717) is 13.2 Å². The number of ether oxygens (including phenoxy) is 3. The molecule has 0 aromatic heterocycles. The van der Waals surface area contributed by atoms with Crippen LogP contribution < -0.4 is 4.74 Å². The predicted molar refractivity (Wildman–Crippen MR) is 94.7 cm³/mol. The van der Waals surface area contributed by atoms with Crippen LogP contribution in [0.1, 0.15) is 38.2 Å². The van der Waals surface area contributed by atoms with Crippen LogP contribution in [0.5, 0.6) is 5.75 Å². The Bertz CT molecular complexity index is 564. The van der Waals surface area contributed by atoms with Crippen molar-refractivity contribution in [1.29, 1.82) is 0 Å². The molecule has 0 bridgehead atoms. The number of hydrogen-bond acceptors (Lipinski definition) is 4. The van der Waals surface area contributed by atoms with Crippen LogP contribution in [0.15, 0.2) is 36.4 Å². The normalized spacial score (nSPS) is 9.75. The summed E-state index contributed by atoms with van der Waals surface area (Å²) in [7, 11) is 1.66. The Hall–Kier alpha value is -2.25. The molecule has 24 heavy (non-hydrogen) atoms. The second-order valence-electron chi connectivity index (χ2n) is 5.39. The van der Waals surface area contributed by atoms with Crippen LogP contribution in [-0.2, 0) is 20.9 Å². The van der Waals surface area contributed by atoms with Crippen LogP contribution in [0.25, 0.3) is 0 Å². The van der Waals surface area contributed by atoms with Gasteiger partial charge >= 0.3 is 5.97 Å². The Morgan fingerprint density at radius 3 is 2.54 bits per heavy atom. The summed E-state index contributed by atoms with van der Waals surface area (Å²) >= 11 is 0. The van der Waals surface area contributed by atoms with E-state index in [2.05, 4.69) is 18.4 Å². The van der Waals surface area contributed by atoms with E-state index >= 15 is 0 Å². The van der Waals surface area contributed by atoms with Crippen molar-refractivity contribution in [3.63, 3.8) is 0 Å². The van der Waals surface area contributed by atoms with Crippen molar-refractivity contribution >= 4 is 5.97 Å². The molecule has 0 aliphatic rings. The maximum Gasteiger partial charge on any atom is 0.302 e. The summed E-state index contributed by atoms with van der Waals surface area (Å²) < 4.78 is 15.6. The third-order valence-electron chi connectivity index (χ3n) is 3.23. The van der Waals surface area contributed by atoms with Crippen molar-refractivity contribution < 1.29 is 19.0 Å². The largest absolute Gasteiger partial charge is 0.497 e. The van der Waals surface area contributed by atoms with Gasteiger partial charge in [0.25, 0.3) is 0 Å². The highest BCUT2D eigenvalue weighted by Gasteiger charge is 1.97. The van der Waals surface area contributed by atoms with Gasteiger partial charge in [0.1, 0.15) is 12.4 Å². The summed E-state index contributed by atoms with van der Waals surface area (Å²) in [6.45, 7) is 6.83. The van der Waals surface area contributed by atoms with Gasteiger partial charge in [-0.1, -0.05) is 18.7 Å². The van der Waals surface area contributed by atoms with Crippen molar-refractivity contribution in [3.05, 3.63) is 42.0 Å². The van der Waals surface area contributed by atoms with Crippen molar-refractivity contribution in [2.75, 3.05) is 20.3 Å². The van der Waals surface area contributed by atoms with Gasteiger partial charge in [0.05, 0.1) is 13.7 Å². The summed E-state index contributed by atoms with van der Waals surface area (Å²) in [5.74, 6) is 6.80. The molecule has 130 valence electrons. The summed E-state index contributed by atoms with van der Waals surface area (Å²) in [5, 5.41) is 0. The molecule has 1 rings (SSSR count). The molecule has 0 aliphatic heterocycles. The van der Waals surface area contributed by atoms with Gasteiger partial charge in [-0.2, -0.15) is 0 Å². The average molecular weight is 330 g/mol. The molecule has 0 spiro atoms. The molecule has 0 fully saturated rings. The second kappa shape index (κ2) is 12.2. The lowest BCUT2D eigenvalue weighted by molar-refractivity contribution is -0.140. The number of rotatable bonds is 10. The quantitative estimate of drug-likeness (QED) is 0.282. The van der Waals surface area contributed by atoms with Crippen molar-refractivity contribution in [1.82, 2.24) is 0 Å². The van der Waals surface area contributed by atoms with Gasteiger partial charge in [-0.15, -0.1) is 11.8 Å². The van der Waals surface area contributed by atoms with Crippen LogP contribution >= 0.6 is 0 Å². The molecule has 0 atom stereocenters. The van der Waals surface area contributed by atoms with Gasteiger partial charge in [0, 0.05) is 26.4 Å². The molecule has 0 saturated carbocycles. The van der Waals surface area contributed by atoms with E-state index in [1.54, 1.807) is 7.11 Å². The van der Waals surface area contributed by atoms with E-state index in [0.717, 1.165) is 42.6 Å². The van der Waals surface area contributed by atoms with Crippen molar-refractivity contribution in [3.8, 4) is 17.6 Å². The Morgan fingerprint density at radius 2 is 1.88 bits per heavy atom. The minimum atomic E-state index is -0.281. The first kappa shape index (κ1) is 19.8. The molecule has 4 nitrogen and oxygen atoms in total. The fourth-order valence-corrected chi connectivity index (χ4v) is 1.87. The molecule has 0 unspecified atom stereocenters. The van der Waals surface area contributed by atoms with Gasteiger partial charge in [-0.05, 0) is 36.1 Å². The van der Waals surface area contributed by atoms with E-state index in [4.69, 9.17) is 14.2 Å². The van der Waals surface area contributed by atoms with E-state index in [9.17, 15) is 4.79 Å². The fraction of sp³-hybridized carbons (Fsp3) is 0.450. The summed E-state index contributed by atoms with van der Waals surface area (Å²) in [6, 6.07) is 7.86. The fourth-order valence-electron chi connectivity index (χ4n) is 1.87. The zero-order valence-corrected chi connectivity index (χ0v) is 14.6. The van der Waals surface area contributed by atoms with Crippen LogP contribution in [0.3, 0.4) is 0 Å². The van der Waals surface area contributed by atoms with Crippen LogP contribution in [0.4, 0.5) is 0 Å². The summed E-state index contributed by atoms with van der Waals surface area (Å²) in [5.41, 5.74) is 2.02. The molecule has 0 amide bonds. The monoisotopic (exact) mass is 330 g/mol. The van der Waals surface area contributed by atoms with E-state index in [-0.39, 0.29) is 12.6 Å². The lowest BCUT2D eigenvalue weighted by atomic mass is 10.2. The van der Waals surface area contributed by atoms with Gasteiger partial charge < -0.3 is 14.2 Å². The smallest absolute Gasteiger partial charge is 0.302 e. The van der Waals surface area contributed by atoms with E-state index in [1.165, 1.54) is 6.92 Å². The molecule has 0 radical (unpaired) electrons. The first-order valence-corrected chi connectivity index (χ1v) is 8.08. The SMILES string of the molecule is C=C(CCC#CCCCOCc1ccc(OC)cc1)COC(C)=O. The molecule has 1 aromatic rings. The van der Waals surface area contributed by atoms with Crippen molar-refractivity contribution in [2.24, 2.45) is 0 Å². The highest BCUT2D eigenvalue weighted by atomic mass is 16.5. The number of hydrogen-bond donors (Lipinski definition) is 0. The number of carbonyl (C=O) groups is 1. The number of benzene rings is 1. The second-order valence-corrected chi connectivity index (χ2v) is 5.39. The molecular formula is C20H26O4. The first-order chi connectivity index (χ1) is 11.6. The molecular weight excluding hydrogens is 304 g/mol. The van der Waals surface area contributed by atoms with E-state index in [1.807, 2.05) is 24.3 Å². The molecule has 0 aliphatic carbocycles. The van der Waals surface area contributed by atoms with Crippen LogP contribution in [0.2, 0.25) is 0 Å². The first-order valence-electron chi connectivity index (χ1n) is 8.08. The summed E-state index contributed by atoms with van der Waals surface area (Å²) in [4.78, 5) is 10.7. The number of methoxy groups -OCH3 is 1. The standard InChI is InChI=1S/C20H26O4/c1-17(15-24-18(2)21)9-7-5-4-6-8-14-23-16-19-10-12-20(22-3)13-11-19/h10-13H,1,6-9,14-16H2,2-3H3. The number of esters is 1. The molecule has 0 saturated heterocycles. The van der Waals surface area contributed by atoms with Crippen molar-refractivity contribution in [2.45, 2.75) is 39.2 Å². The number of carbonyl (C=O) groups excluding carboxylic acids is 1.